The molecule has 0 radical (unpaired) electrons. The second-order valence-electron chi connectivity index (χ2n) is 5.64. The van der Waals surface area contributed by atoms with Crippen molar-refractivity contribution < 1.29 is 28.2 Å². The summed E-state index contributed by atoms with van der Waals surface area (Å²) in [6.45, 7) is 4.85. The Morgan fingerprint density at radius 3 is 2.00 bits per heavy atom. The van der Waals surface area contributed by atoms with Gasteiger partial charge in [0.2, 0.25) is 0 Å². The third-order valence-corrected chi connectivity index (χ3v) is 5.22. The minimum absolute atomic E-state index is 0.0935. The molecule has 0 aliphatic carbocycles. The molecule has 2 rings (SSSR count). The number of rotatable bonds is 5. The summed E-state index contributed by atoms with van der Waals surface area (Å²) in [6, 6.07) is 7.15. The first-order valence-electron chi connectivity index (χ1n) is 7.25. The zero-order chi connectivity index (χ0) is 18.9. The van der Waals surface area contributed by atoms with Crippen molar-refractivity contribution in [3.05, 3.63) is 58.1 Å². The highest BCUT2D eigenvalue weighted by Crippen LogP contribution is 2.30. The molecule has 0 unspecified atom stereocenters. The summed E-state index contributed by atoms with van der Waals surface area (Å²) in [5.41, 5.74) is 0.322. The molecule has 25 heavy (non-hydrogen) atoms. The molecule has 0 aliphatic rings. The number of sulfonamides is 1. The van der Waals surface area contributed by atoms with Gasteiger partial charge in [0.05, 0.1) is 21.7 Å². The van der Waals surface area contributed by atoms with E-state index in [2.05, 4.69) is 4.72 Å². The van der Waals surface area contributed by atoms with E-state index >= 15 is 0 Å². The van der Waals surface area contributed by atoms with Gasteiger partial charge in [0.25, 0.3) is 10.0 Å². The third kappa shape index (κ3) is 3.63. The zero-order valence-corrected chi connectivity index (χ0v) is 14.6. The normalized spacial score (nSPS) is 11.2. The predicted molar refractivity (Wildman–Crippen MR) is 91.8 cm³/mol. The van der Waals surface area contributed by atoms with Crippen LogP contribution >= 0.6 is 0 Å². The molecule has 0 amide bonds. The van der Waals surface area contributed by atoms with Crippen molar-refractivity contribution in [2.45, 2.75) is 25.7 Å². The molecule has 132 valence electrons. The molecule has 0 saturated carbocycles. The van der Waals surface area contributed by atoms with Gasteiger partial charge in [0.15, 0.2) is 0 Å². The summed E-state index contributed by atoms with van der Waals surface area (Å²) >= 11 is 0. The first kappa shape index (κ1) is 18.5. The van der Waals surface area contributed by atoms with Crippen LogP contribution in [0.3, 0.4) is 0 Å². The predicted octanol–water partition coefficient (Wildman–Crippen LogP) is 2.81. The minimum Gasteiger partial charge on any atom is -0.478 e. The van der Waals surface area contributed by atoms with Gasteiger partial charge in [-0.2, -0.15) is 0 Å². The number of carbonyl (C=O) groups is 2. The van der Waals surface area contributed by atoms with Crippen molar-refractivity contribution in [2.24, 2.45) is 0 Å². The summed E-state index contributed by atoms with van der Waals surface area (Å²) in [5, 5.41) is 18.8. The second-order valence-corrected chi connectivity index (χ2v) is 7.33. The standard InChI is InChI=1S/C17H17NO6S/c1-9-4-6-12(7-5-9)25(23,24)18-15-13(16(19)20)8-10(2)11(3)14(15)17(21)22/h4-8,18H,1-3H3,(H,19,20)(H,21,22). The summed E-state index contributed by atoms with van der Waals surface area (Å²) in [7, 11) is -4.15. The van der Waals surface area contributed by atoms with Crippen molar-refractivity contribution in [1.82, 2.24) is 0 Å². The topological polar surface area (TPSA) is 121 Å². The SMILES string of the molecule is Cc1ccc(S(=O)(=O)Nc2c(C(=O)O)cc(C)c(C)c2C(=O)O)cc1. The lowest BCUT2D eigenvalue weighted by molar-refractivity contribution is 0.0695. The Morgan fingerprint density at radius 1 is 0.960 bits per heavy atom. The van der Waals surface area contributed by atoms with Gasteiger partial charge in [0.1, 0.15) is 0 Å². The molecular weight excluding hydrogens is 346 g/mol. The van der Waals surface area contributed by atoms with E-state index in [9.17, 15) is 28.2 Å². The number of hydrogen-bond acceptors (Lipinski definition) is 4. The molecule has 0 saturated heterocycles. The van der Waals surface area contributed by atoms with Crippen LogP contribution in [0.4, 0.5) is 5.69 Å². The molecule has 0 spiro atoms. The molecule has 0 aromatic heterocycles. The molecule has 0 atom stereocenters. The van der Waals surface area contributed by atoms with Gasteiger partial charge >= 0.3 is 11.9 Å². The molecule has 2 aromatic carbocycles. The Bertz CT molecular complexity index is 962. The maximum absolute atomic E-state index is 12.6. The molecule has 3 N–H and O–H groups in total. The molecule has 0 heterocycles. The molecule has 7 nitrogen and oxygen atoms in total. The van der Waals surface area contributed by atoms with E-state index in [1.807, 2.05) is 0 Å². The van der Waals surface area contributed by atoms with Crippen LogP contribution in [0.25, 0.3) is 0 Å². The molecule has 0 bridgehead atoms. The Kier molecular flexibility index (Phi) is 4.85. The Labute approximate surface area is 145 Å². The highest BCUT2D eigenvalue weighted by Gasteiger charge is 2.26. The van der Waals surface area contributed by atoms with E-state index < -0.39 is 33.2 Å². The van der Waals surface area contributed by atoms with E-state index in [1.165, 1.54) is 25.1 Å². The van der Waals surface area contributed by atoms with E-state index in [-0.39, 0.29) is 10.5 Å². The van der Waals surface area contributed by atoms with Crippen molar-refractivity contribution in [3.63, 3.8) is 0 Å². The molecule has 2 aromatic rings. The Hall–Kier alpha value is -2.87. The smallest absolute Gasteiger partial charge is 0.338 e. The van der Waals surface area contributed by atoms with Gasteiger partial charge in [-0.25, -0.2) is 18.0 Å². The van der Waals surface area contributed by atoms with Crippen molar-refractivity contribution in [1.29, 1.82) is 0 Å². The zero-order valence-electron chi connectivity index (χ0n) is 13.8. The minimum atomic E-state index is -4.15. The van der Waals surface area contributed by atoms with Crippen LogP contribution in [0.1, 0.15) is 37.4 Å². The monoisotopic (exact) mass is 363 g/mol. The fourth-order valence-corrected chi connectivity index (χ4v) is 3.46. The number of anilines is 1. The molecule has 0 fully saturated rings. The summed E-state index contributed by atoms with van der Waals surface area (Å²) < 4.78 is 27.3. The first-order valence-corrected chi connectivity index (χ1v) is 8.73. The van der Waals surface area contributed by atoms with Crippen LogP contribution in [-0.4, -0.2) is 30.6 Å². The number of aromatic carboxylic acids is 2. The van der Waals surface area contributed by atoms with Gasteiger partial charge in [0, 0.05) is 0 Å². The van der Waals surface area contributed by atoms with Crippen LogP contribution < -0.4 is 4.72 Å². The van der Waals surface area contributed by atoms with Crippen LogP contribution in [0.5, 0.6) is 0 Å². The average molecular weight is 363 g/mol. The average Bonchev–Trinajstić information content (AvgIpc) is 2.50. The van der Waals surface area contributed by atoms with E-state index in [0.717, 1.165) is 5.56 Å². The van der Waals surface area contributed by atoms with Crippen LogP contribution in [0, 0.1) is 20.8 Å². The largest absolute Gasteiger partial charge is 0.478 e. The molecule has 0 aliphatic heterocycles. The second kappa shape index (κ2) is 6.56. The number of carboxylic acids is 2. The Morgan fingerprint density at radius 2 is 1.52 bits per heavy atom. The quantitative estimate of drug-likeness (QED) is 0.751. The lowest BCUT2D eigenvalue weighted by Crippen LogP contribution is -2.20. The lowest BCUT2D eigenvalue weighted by Gasteiger charge is -2.17. The number of nitrogens with one attached hydrogen (secondary N) is 1. The van der Waals surface area contributed by atoms with Gasteiger partial charge in [-0.15, -0.1) is 0 Å². The summed E-state index contributed by atoms with van der Waals surface area (Å²) in [6.07, 6.45) is 0. The molecule has 8 heteroatoms. The molecular formula is C17H17NO6S. The third-order valence-electron chi connectivity index (χ3n) is 3.86. The fourth-order valence-electron chi connectivity index (χ4n) is 2.37. The van der Waals surface area contributed by atoms with Gasteiger partial charge < -0.3 is 10.2 Å². The summed E-state index contributed by atoms with van der Waals surface area (Å²) in [5.74, 6) is -2.84. The van der Waals surface area contributed by atoms with Gasteiger partial charge in [-0.1, -0.05) is 17.7 Å². The van der Waals surface area contributed by atoms with Crippen molar-refractivity contribution >= 4 is 27.6 Å². The van der Waals surface area contributed by atoms with E-state index in [4.69, 9.17) is 0 Å². The highest BCUT2D eigenvalue weighted by atomic mass is 32.2. The number of benzene rings is 2. The Balaban J connectivity index is 2.69. The lowest BCUT2D eigenvalue weighted by atomic mass is 9.97. The van der Waals surface area contributed by atoms with Crippen LogP contribution in [-0.2, 0) is 10.0 Å². The number of aryl methyl sites for hydroxylation is 2. The number of carboxylic acid groups (broad SMARTS) is 2. The maximum atomic E-state index is 12.6. The van der Waals surface area contributed by atoms with Crippen LogP contribution in [0.15, 0.2) is 35.2 Å². The fraction of sp³-hybridized carbons (Fsp3) is 0.176. The maximum Gasteiger partial charge on any atom is 0.338 e. The van der Waals surface area contributed by atoms with E-state index in [0.29, 0.717) is 11.1 Å². The van der Waals surface area contributed by atoms with Crippen LogP contribution in [0.2, 0.25) is 0 Å². The van der Waals surface area contributed by atoms with Crippen molar-refractivity contribution in [2.75, 3.05) is 4.72 Å². The van der Waals surface area contributed by atoms with Crippen molar-refractivity contribution in [3.8, 4) is 0 Å². The highest BCUT2D eigenvalue weighted by molar-refractivity contribution is 7.92. The summed E-state index contributed by atoms with van der Waals surface area (Å²) in [4.78, 5) is 23.0. The van der Waals surface area contributed by atoms with E-state index in [1.54, 1.807) is 26.0 Å². The van der Waals surface area contributed by atoms with Gasteiger partial charge in [-0.05, 0) is 50.1 Å². The number of hydrogen-bond donors (Lipinski definition) is 3. The first-order chi connectivity index (χ1) is 11.5. The van der Waals surface area contributed by atoms with Gasteiger partial charge in [-0.3, -0.25) is 4.72 Å².